The molecule has 0 aromatic heterocycles. The maximum Gasteiger partial charge on any atom is 0.0560 e. The Kier molecular flexibility index (Phi) is 6.35. The van der Waals surface area contributed by atoms with Gasteiger partial charge in [0.1, 0.15) is 0 Å². The van der Waals surface area contributed by atoms with Crippen LogP contribution >= 0.6 is 0 Å². The Hall–Kier alpha value is -0.0800. The fourth-order valence-electron chi connectivity index (χ4n) is 1.61. The van der Waals surface area contributed by atoms with Crippen molar-refractivity contribution >= 4 is 0 Å². The standard InChI is InChI=1S/C11H25NO/c1-5-7-8-11(12,6-2)9-10(3)13-4/h10H,5-9,12H2,1-4H3. The first-order valence-corrected chi connectivity index (χ1v) is 5.39. The van der Waals surface area contributed by atoms with Crippen LogP contribution in [0.5, 0.6) is 0 Å². The summed E-state index contributed by atoms with van der Waals surface area (Å²) < 4.78 is 5.25. The number of rotatable bonds is 7. The summed E-state index contributed by atoms with van der Waals surface area (Å²) >= 11 is 0. The van der Waals surface area contributed by atoms with E-state index in [1.807, 2.05) is 0 Å². The minimum absolute atomic E-state index is 0.00850. The van der Waals surface area contributed by atoms with Crippen LogP contribution in [0.3, 0.4) is 0 Å². The number of hydrogen-bond donors (Lipinski definition) is 1. The molecule has 13 heavy (non-hydrogen) atoms. The summed E-state index contributed by atoms with van der Waals surface area (Å²) in [5, 5.41) is 0. The Balaban J connectivity index is 3.94. The lowest BCUT2D eigenvalue weighted by Crippen LogP contribution is -2.42. The van der Waals surface area contributed by atoms with E-state index in [1.54, 1.807) is 7.11 Å². The van der Waals surface area contributed by atoms with Crippen molar-refractivity contribution in [1.82, 2.24) is 0 Å². The summed E-state index contributed by atoms with van der Waals surface area (Å²) in [6.07, 6.45) is 5.86. The van der Waals surface area contributed by atoms with Gasteiger partial charge in [0, 0.05) is 12.6 Å². The molecular weight excluding hydrogens is 162 g/mol. The van der Waals surface area contributed by atoms with Gasteiger partial charge in [-0.15, -0.1) is 0 Å². The fraction of sp³-hybridized carbons (Fsp3) is 1.00. The first kappa shape index (κ1) is 12.9. The highest BCUT2D eigenvalue weighted by Crippen LogP contribution is 2.22. The molecular formula is C11H25NO. The predicted molar refractivity (Wildman–Crippen MR) is 57.8 cm³/mol. The van der Waals surface area contributed by atoms with Gasteiger partial charge in [0.25, 0.3) is 0 Å². The van der Waals surface area contributed by atoms with Crippen LogP contribution in [-0.2, 0) is 4.74 Å². The van der Waals surface area contributed by atoms with E-state index in [1.165, 1.54) is 12.8 Å². The second kappa shape index (κ2) is 6.39. The highest BCUT2D eigenvalue weighted by Gasteiger charge is 2.24. The molecule has 0 aliphatic heterocycles. The minimum Gasteiger partial charge on any atom is -0.382 e. The van der Waals surface area contributed by atoms with Crippen LogP contribution in [0, 0.1) is 0 Å². The molecule has 0 saturated carbocycles. The maximum absolute atomic E-state index is 6.28. The van der Waals surface area contributed by atoms with Crippen LogP contribution in [0.25, 0.3) is 0 Å². The first-order valence-electron chi connectivity index (χ1n) is 5.39. The lowest BCUT2D eigenvalue weighted by molar-refractivity contribution is 0.0841. The molecule has 0 aromatic rings. The highest BCUT2D eigenvalue weighted by atomic mass is 16.5. The topological polar surface area (TPSA) is 35.2 Å². The largest absolute Gasteiger partial charge is 0.382 e. The molecule has 0 aliphatic rings. The van der Waals surface area contributed by atoms with Gasteiger partial charge in [0.15, 0.2) is 0 Å². The Morgan fingerprint density at radius 3 is 2.38 bits per heavy atom. The summed E-state index contributed by atoms with van der Waals surface area (Å²) in [6.45, 7) is 6.46. The SMILES string of the molecule is CCCCC(N)(CC)CC(C)OC. The summed E-state index contributed by atoms with van der Waals surface area (Å²) in [7, 11) is 1.75. The van der Waals surface area contributed by atoms with Gasteiger partial charge in [0.2, 0.25) is 0 Å². The lowest BCUT2D eigenvalue weighted by Gasteiger charge is -2.30. The smallest absolute Gasteiger partial charge is 0.0560 e. The van der Waals surface area contributed by atoms with Crippen molar-refractivity contribution in [1.29, 1.82) is 0 Å². The molecule has 0 radical (unpaired) electrons. The summed E-state index contributed by atoms with van der Waals surface area (Å²) in [5.41, 5.74) is 6.27. The van der Waals surface area contributed by atoms with Crippen LogP contribution in [0.15, 0.2) is 0 Å². The number of methoxy groups -OCH3 is 1. The molecule has 80 valence electrons. The van der Waals surface area contributed by atoms with Gasteiger partial charge < -0.3 is 10.5 Å². The average Bonchev–Trinajstić information content (AvgIpc) is 2.14. The summed E-state index contributed by atoms with van der Waals surface area (Å²) in [5.74, 6) is 0. The van der Waals surface area contributed by atoms with E-state index in [4.69, 9.17) is 10.5 Å². The molecule has 0 fully saturated rings. The molecule has 2 nitrogen and oxygen atoms in total. The average molecular weight is 187 g/mol. The van der Waals surface area contributed by atoms with E-state index >= 15 is 0 Å². The van der Waals surface area contributed by atoms with E-state index in [0.29, 0.717) is 0 Å². The van der Waals surface area contributed by atoms with Gasteiger partial charge in [0.05, 0.1) is 6.10 Å². The molecule has 2 unspecified atom stereocenters. The van der Waals surface area contributed by atoms with E-state index in [9.17, 15) is 0 Å². The monoisotopic (exact) mass is 187 g/mol. The van der Waals surface area contributed by atoms with Crippen molar-refractivity contribution in [2.75, 3.05) is 7.11 Å². The van der Waals surface area contributed by atoms with E-state index in [2.05, 4.69) is 20.8 Å². The number of unbranched alkanes of at least 4 members (excludes halogenated alkanes) is 1. The molecule has 2 heteroatoms. The fourth-order valence-corrected chi connectivity index (χ4v) is 1.61. The molecule has 0 amide bonds. The van der Waals surface area contributed by atoms with Gasteiger partial charge in [-0.3, -0.25) is 0 Å². The Morgan fingerprint density at radius 1 is 1.38 bits per heavy atom. The zero-order valence-electron chi connectivity index (χ0n) is 9.60. The molecule has 0 saturated heterocycles. The number of nitrogens with two attached hydrogens (primary N) is 1. The van der Waals surface area contributed by atoms with Gasteiger partial charge in [-0.05, 0) is 26.2 Å². The Labute approximate surface area is 82.8 Å². The molecule has 0 aromatic carbocycles. The molecule has 0 rings (SSSR count). The van der Waals surface area contributed by atoms with Crippen LogP contribution in [0.4, 0.5) is 0 Å². The molecule has 2 atom stereocenters. The van der Waals surface area contributed by atoms with Crippen molar-refractivity contribution in [3.05, 3.63) is 0 Å². The third-order valence-electron chi connectivity index (χ3n) is 2.83. The molecule has 2 N–H and O–H groups in total. The van der Waals surface area contributed by atoms with Crippen LogP contribution < -0.4 is 5.73 Å². The minimum atomic E-state index is -0.00850. The molecule has 0 spiro atoms. The third-order valence-corrected chi connectivity index (χ3v) is 2.83. The number of ether oxygens (including phenoxy) is 1. The van der Waals surface area contributed by atoms with E-state index in [-0.39, 0.29) is 11.6 Å². The van der Waals surface area contributed by atoms with E-state index < -0.39 is 0 Å². The maximum atomic E-state index is 6.28. The molecule has 0 aliphatic carbocycles. The normalized spacial score (nSPS) is 18.2. The zero-order valence-corrected chi connectivity index (χ0v) is 9.60. The summed E-state index contributed by atoms with van der Waals surface area (Å²) in [4.78, 5) is 0. The second-order valence-electron chi connectivity index (χ2n) is 4.07. The van der Waals surface area contributed by atoms with Crippen molar-refractivity contribution < 1.29 is 4.74 Å². The quantitative estimate of drug-likeness (QED) is 0.665. The Morgan fingerprint density at radius 2 is 2.00 bits per heavy atom. The van der Waals surface area contributed by atoms with Crippen LogP contribution in [0.1, 0.15) is 52.9 Å². The van der Waals surface area contributed by atoms with Gasteiger partial charge in [-0.2, -0.15) is 0 Å². The van der Waals surface area contributed by atoms with Crippen LogP contribution in [-0.4, -0.2) is 18.8 Å². The van der Waals surface area contributed by atoms with Gasteiger partial charge in [-0.25, -0.2) is 0 Å². The second-order valence-corrected chi connectivity index (χ2v) is 4.07. The predicted octanol–water partition coefficient (Wildman–Crippen LogP) is 2.71. The van der Waals surface area contributed by atoms with Gasteiger partial charge >= 0.3 is 0 Å². The molecule has 0 bridgehead atoms. The van der Waals surface area contributed by atoms with Crippen molar-refractivity contribution in [2.45, 2.75) is 64.5 Å². The lowest BCUT2D eigenvalue weighted by atomic mass is 9.86. The first-order chi connectivity index (χ1) is 6.08. The zero-order chi connectivity index (χ0) is 10.3. The third kappa shape index (κ3) is 5.27. The molecule has 0 heterocycles. The van der Waals surface area contributed by atoms with Gasteiger partial charge in [-0.1, -0.05) is 26.7 Å². The Bertz CT molecular complexity index is 127. The van der Waals surface area contributed by atoms with Crippen molar-refractivity contribution in [2.24, 2.45) is 5.73 Å². The van der Waals surface area contributed by atoms with Crippen LogP contribution in [0.2, 0.25) is 0 Å². The number of hydrogen-bond acceptors (Lipinski definition) is 2. The van der Waals surface area contributed by atoms with Crippen molar-refractivity contribution in [3.8, 4) is 0 Å². The summed E-state index contributed by atoms with van der Waals surface area (Å²) in [6, 6.07) is 0. The van der Waals surface area contributed by atoms with E-state index in [0.717, 1.165) is 19.3 Å². The highest BCUT2D eigenvalue weighted by molar-refractivity contribution is 4.84. The van der Waals surface area contributed by atoms with Crippen molar-refractivity contribution in [3.63, 3.8) is 0 Å².